The highest BCUT2D eigenvalue weighted by atomic mass is 32.2. The topological polar surface area (TPSA) is 75.5 Å². The van der Waals surface area contributed by atoms with Gasteiger partial charge in [0.05, 0.1) is 5.92 Å². The van der Waals surface area contributed by atoms with Gasteiger partial charge in [-0.25, -0.2) is 17.7 Å². The van der Waals surface area contributed by atoms with Crippen molar-refractivity contribution >= 4 is 15.9 Å². The number of sulfonamides is 1. The Morgan fingerprint density at radius 2 is 2.00 bits per heavy atom. The molecule has 1 aliphatic heterocycles. The van der Waals surface area contributed by atoms with E-state index in [9.17, 15) is 26.4 Å². The molecule has 11 heteroatoms. The Balaban J connectivity index is 2.34. The molecule has 1 aromatic rings. The number of imidazole rings is 1. The number of aromatic nitrogens is 2. The summed E-state index contributed by atoms with van der Waals surface area (Å²) in [6.45, 7) is 0.980. The first kappa shape index (κ1) is 18.7. The number of carbonyl (C=O) groups excluding carboxylic acids is 1. The summed E-state index contributed by atoms with van der Waals surface area (Å²) in [6, 6.07) is 0. The van der Waals surface area contributed by atoms with E-state index in [0.717, 1.165) is 9.21 Å². The van der Waals surface area contributed by atoms with E-state index in [1.165, 1.54) is 24.9 Å². The van der Waals surface area contributed by atoms with Gasteiger partial charge in [-0.15, -0.1) is 0 Å². The molecular weight excluding hydrogens is 349 g/mol. The molecule has 0 spiro atoms. The van der Waals surface area contributed by atoms with Crippen LogP contribution in [0.4, 0.5) is 13.2 Å². The lowest BCUT2D eigenvalue weighted by Crippen LogP contribution is -2.43. The van der Waals surface area contributed by atoms with E-state index >= 15 is 0 Å². The van der Waals surface area contributed by atoms with Crippen molar-refractivity contribution in [2.75, 3.05) is 27.2 Å². The number of rotatable bonds is 4. The highest BCUT2D eigenvalue weighted by Crippen LogP contribution is 2.38. The molecule has 24 heavy (non-hydrogen) atoms. The fourth-order valence-corrected chi connectivity index (χ4v) is 4.30. The van der Waals surface area contributed by atoms with E-state index in [0.29, 0.717) is 6.54 Å². The van der Waals surface area contributed by atoms with Crippen LogP contribution in [0.5, 0.6) is 0 Å². The molecule has 0 radical (unpaired) electrons. The summed E-state index contributed by atoms with van der Waals surface area (Å²) in [5.41, 5.74) is 0. The molecule has 136 valence electrons. The predicted molar refractivity (Wildman–Crippen MR) is 79.7 cm³/mol. The third-order valence-electron chi connectivity index (χ3n) is 4.11. The third kappa shape index (κ3) is 3.27. The quantitative estimate of drug-likeness (QED) is 0.788. The fourth-order valence-electron chi connectivity index (χ4n) is 2.73. The Morgan fingerprint density at radius 1 is 1.38 bits per heavy atom. The third-order valence-corrected chi connectivity index (χ3v) is 6.37. The molecule has 0 aliphatic carbocycles. The number of halogens is 3. The van der Waals surface area contributed by atoms with E-state index < -0.39 is 46.4 Å². The summed E-state index contributed by atoms with van der Waals surface area (Å²) >= 11 is 0. The Hall–Kier alpha value is -1.62. The predicted octanol–water partition coefficient (Wildman–Crippen LogP) is 0.797. The summed E-state index contributed by atoms with van der Waals surface area (Å²) in [5, 5.41) is -1.72. The normalized spacial score (nSPS) is 22.4. The summed E-state index contributed by atoms with van der Waals surface area (Å²) in [6.07, 6.45) is -1.80. The van der Waals surface area contributed by atoms with Crippen LogP contribution >= 0.6 is 0 Å². The lowest BCUT2D eigenvalue weighted by molar-refractivity contribution is -0.169. The van der Waals surface area contributed by atoms with Crippen molar-refractivity contribution in [2.24, 2.45) is 5.92 Å². The van der Waals surface area contributed by atoms with Crippen LogP contribution in [0.3, 0.4) is 0 Å². The smallest absolute Gasteiger partial charge is 0.334 e. The van der Waals surface area contributed by atoms with Crippen LogP contribution in [-0.4, -0.2) is 71.7 Å². The average molecular weight is 368 g/mol. The zero-order chi connectivity index (χ0) is 18.3. The van der Waals surface area contributed by atoms with Gasteiger partial charge in [-0.2, -0.15) is 13.2 Å². The van der Waals surface area contributed by atoms with Gasteiger partial charge >= 0.3 is 6.18 Å². The molecule has 0 saturated carbocycles. The number of carbonyl (C=O) groups is 1. The first-order valence-electron chi connectivity index (χ1n) is 7.28. The first-order chi connectivity index (χ1) is 11.0. The van der Waals surface area contributed by atoms with E-state index in [-0.39, 0.29) is 5.82 Å². The van der Waals surface area contributed by atoms with Crippen molar-refractivity contribution in [3.05, 3.63) is 18.2 Å². The minimum atomic E-state index is -4.72. The maximum atomic E-state index is 13.3. The van der Waals surface area contributed by atoms with Crippen molar-refractivity contribution in [1.82, 2.24) is 18.8 Å². The Bertz CT molecular complexity index is 714. The van der Waals surface area contributed by atoms with Crippen LogP contribution in [0.15, 0.2) is 12.4 Å². The summed E-state index contributed by atoms with van der Waals surface area (Å²) in [5.74, 6) is -2.83. The summed E-state index contributed by atoms with van der Waals surface area (Å²) in [4.78, 5) is 17.3. The van der Waals surface area contributed by atoms with Crippen molar-refractivity contribution in [1.29, 1.82) is 0 Å². The van der Waals surface area contributed by atoms with Crippen LogP contribution in [0.1, 0.15) is 17.5 Å². The van der Waals surface area contributed by atoms with Gasteiger partial charge in [0.15, 0.2) is 5.82 Å². The van der Waals surface area contributed by atoms with Crippen LogP contribution in [0.25, 0.3) is 0 Å². The van der Waals surface area contributed by atoms with Gasteiger partial charge in [0.25, 0.3) is 5.91 Å². The highest BCUT2D eigenvalue weighted by molar-refractivity contribution is 7.89. The number of nitrogens with zero attached hydrogens (tertiary/aromatic N) is 4. The molecule has 1 aliphatic rings. The molecule has 0 unspecified atom stereocenters. The maximum absolute atomic E-state index is 13.3. The second-order valence-corrected chi connectivity index (χ2v) is 8.13. The molecule has 2 atom stereocenters. The summed E-state index contributed by atoms with van der Waals surface area (Å²) < 4.78 is 66.6. The molecule has 1 saturated heterocycles. The number of alkyl halides is 3. The van der Waals surface area contributed by atoms with Crippen LogP contribution in [0, 0.1) is 5.92 Å². The van der Waals surface area contributed by atoms with Crippen LogP contribution in [-0.2, 0) is 16.6 Å². The first-order valence-corrected chi connectivity index (χ1v) is 8.79. The molecule has 2 heterocycles. The molecule has 0 N–H and O–H groups in total. The van der Waals surface area contributed by atoms with Gasteiger partial charge in [0.1, 0.15) is 5.25 Å². The van der Waals surface area contributed by atoms with E-state index in [4.69, 9.17) is 0 Å². The minimum absolute atomic E-state index is 0.00123. The monoisotopic (exact) mass is 368 g/mol. The number of amides is 1. The standard InChI is InChI=1S/C13H19F3N4O3S/c1-4-19-6-5-17-11(19)12(21)20-7-9(13(14,15)16)10(8-20)24(22,23)18(2)3/h5-6,9-10H,4,7-8H2,1-3H3/t9-,10-/m0/s1. The van der Waals surface area contributed by atoms with Gasteiger partial charge in [-0.3, -0.25) is 4.79 Å². The van der Waals surface area contributed by atoms with Crippen LogP contribution < -0.4 is 0 Å². The molecule has 7 nitrogen and oxygen atoms in total. The minimum Gasteiger partial charge on any atom is -0.334 e. The maximum Gasteiger partial charge on any atom is 0.394 e. The zero-order valence-electron chi connectivity index (χ0n) is 13.5. The van der Waals surface area contributed by atoms with E-state index in [2.05, 4.69) is 4.98 Å². The average Bonchev–Trinajstić information content (AvgIpc) is 3.12. The number of hydrogen-bond donors (Lipinski definition) is 0. The largest absolute Gasteiger partial charge is 0.394 e. The SMILES string of the molecule is CCn1ccnc1C(=O)N1C[C@H](C(F)(F)F)[C@@H](S(=O)(=O)N(C)C)C1. The van der Waals surface area contributed by atoms with Crippen LogP contribution in [0.2, 0.25) is 0 Å². The highest BCUT2D eigenvalue weighted by Gasteiger charge is 2.56. The van der Waals surface area contributed by atoms with Crippen molar-refractivity contribution in [3.8, 4) is 0 Å². The second kappa shape index (κ2) is 6.36. The molecule has 1 fully saturated rings. The Morgan fingerprint density at radius 3 is 2.50 bits per heavy atom. The number of hydrogen-bond acceptors (Lipinski definition) is 4. The number of aryl methyl sites for hydroxylation is 1. The summed E-state index contributed by atoms with van der Waals surface area (Å²) in [7, 11) is -1.81. The van der Waals surface area contributed by atoms with Gasteiger partial charge in [0, 0.05) is 46.1 Å². The van der Waals surface area contributed by atoms with Crippen molar-refractivity contribution in [2.45, 2.75) is 24.9 Å². The van der Waals surface area contributed by atoms with Crippen molar-refractivity contribution < 1.29 is 26.4 Å². The van der Waals surface area contributed by atoms with E-state index in [1.54, 1.807) is 13.1 Å². The number of likely N-dealkylation sites (tertiary alicyclic amines) is 1. The van der Waals surface area contributed by atoms with Gasteiger partial charge in [0.2, 0.25) is 10.0 Å². The lowest BCUT2D eigenvalue weighted by Gasteiger charge is -2.23. The second-order valence-electron chi connectivity index (χ2n) is 5.76. The molecule has 0 bridgehead atoms. The van der Waals surface area contributed by atoms with Gasteiger partial charge in [-0.05, 0) is 6.92 Å². The molecule has 1 aromatic heterocycles. The lowest BCUT2D eigenvalue weighted by atomic mass is 10.1. The Kier molecular flexibility index (Phi) is 4.96. The molecule has 2 rings (SSSR count). The molecule has 0 aromatic carbocycles. The Labute approximate surface area is 138 Å². The van der Waals surface area contributed by atoms with Crippen molar-refractivity contribution in [3.63, 3.8) is 0 Å². The van der Waals surface area contributed by atoms with E-state index in [1.807, 2.05) is 0 Å². The van der Waals surface area contributed by atoms with Gasteiger partial charge < -0.3 is 9.47 Å². The zero-order valence-corrected chi connectivity index (χ0v) is 14.3. The van der Waals surface area contributed by atoms with Gasteiger partial charge in [-0.1, -0.05) is 0 Å². The fraction of sp³-hybridized carbons (Fsp3) is 0.692. The molecule has 1 amide bonds. The molecular formula is C13H19F3N4O3S.